The van der Waals surface area contributed by atoms with Gasteiger partial charge in [0.25, 0.3) is 0 Å². The summed E-state index contributed by atoms with van der Waals surface area (Å²) in [6.07, 6.45) is 9.40. The van der Waals surface area contributed by atoms with Gasteiger partial charge in [0, 0.05) is 12.1 Å². The summed E-state index contributed by atoms with van der Waals surface area (Å²) in [5, 5.41) is 8.14. The number of hydrogen-bond acceptors (Lipinski definition) is 2. The summed E-state index contributed by atoms with van der Waals surface area (Å²) in [7, 11) is 0. The highest BCUT2D eigenvalue weighted by Crippen LogP contribution is 2.11. The van der Waals surface area contributed by atoms with E-state index in [2.05, 4.69) is 42.9 Å². The zero-order chi connectivity index (χ0) is 13.2. The molecular formula is C16H29NS. The maximum absolute atomic E-state index is 3.71. The molecular weight excluding hydrogens is 238 g/mol. The van der Waals surface area contributed by atoms with Crippen molar-refractivity contribution in [2.75, 3.05) is 0 Å². The minimum absolute atomic E-state index is 0.588. The van der Waals surface area contributed by atoms with Gasteiger partial charge in [-0.2, -0.15) is 11.3 Å². The second-order valence-electron chi connectivity index (χ2n) is 5.51. The lowest BCUT2D eigenvalue weighted by Gasteiger charge is -2.19. The smallest absolute Gasteiger partial charge is 0.00819 e. The second-order valence-corrected chi connectivity index (χ2v) is 6.29. The first kappa shape index (κ1) is 15.7. The van der Waals surface area contributed by atoms with E-state index in [4.69, 9.17) is 0 Å². The molecule has 0 aliphatic heterocycles. The summed E-state index contributed by atoms with van der Waals surface area (Å²) in [4.78, 5) is 0. The Morgan fingerprint density at radius 1 is 1.11 bits per heavy atom. The van der Waals surface area contributed by atoms with E-state index in [1.807, 2.05) is 0 Å². The van der Waals surface area contributed by atoms with Crippen molar-refractivity contribution in [1.29, 1.82) is 0 Å². The zero-order valence-electron chi connectivity index (χ0n) is 12.2. The van der Waals surface area contributed by atoms with Crippen molar-refractivity contribution in [3.8, 4) is 0 Å². The van der Waals surface area contributed by atoms with Crippen LogP contribution in [-0.4, -0.2) is 12.1 Å². The molecule has 2 atom stereocenters. The fourth-order valence-electron chi connectivity index (χ4n) is 2.44. The van der Waals surface area contributed by atoms with E-state index in [9.17, 15) is 0 Å². The van der Waals surface area contributed by atoms with Crippen LogP contribution in [0.2, 0.25) is 0 Å². The molecule has 0 saturated carbocycles. The van der Waals surface area contributed by atoms with E-state index >= 15 is 0 Å². The van der Waals surface area contributed by atoms with Crippen LogP contribution in [0, 0.1) is 0 Å². The van der Waals surface area contributed by atoms with E-state index in [-0.39, 0.29) is 0 Å². The van der Waals surface area contributed by atoms with Gasteiger partial charge in [0.1, 0.15) is 0 Å². The first-order valence-corrected chi connectivity index (χ1v) is 8.43. The minimum atomic E-state index is 0.588. The Hall–Kier alpha value is -0.340. The highest BCUT2D eigenvalue weighted by atomic mass is 32.1. The lowest BCUT2D eigenvalue weighted by Crippen LogP contribution is -2.35. The van der Waals surface area contributed by atoms with Gasteiger partial charge < -0.3 is 5.32 Å². The van der Waals surface area contributed by atoms with Gasteiger partial charge in [-0.05, 0) is 49.1 Å². The molecule has 0 spiro atoms. The molecule has 0 bridgehead atoms. The molecule has 0 radical (unpaired) electrons. The molecule has 1 nitrogen and oxygen atoms in total. The number of rotatable bonds is 10. The van der Waals surface area contributed by atoms with Crippen molar-refractivity contribution < 1.29 is 0 Å². The van der Waals surface area contributed by atoms with Gasteiger partial charge in [-0.3, -0.25) is 0 Å². The normalized spacial score (nSPS) is 14.6. The molecule has 0 saturated heterocycles. The number of hydrogen-bond donors (Lipinski definition) is 1. The molecule has 0 amide bonds. The van der Waals surface area contributed by atoms with Crippen LogP contribution in [0.15, 0.2) is 16.8 Å². The van der Waals surface area contributed by atoms with E-state index in [1.165, 1.54) is 44.1 Å². The Bertz CT molecular complexity index is 281. The third kappa shape index (κ3) is 7.17. The standard InChI is InChI=1S/C16H29NS/c1-4-5-6-7-8-9-14(2)17-15(3)12-16-10-11-18-13-16/h10-11,13-15,17H,4-9,12H2,1-3H3. The second kappa shape index (κ2) is 9.57. The van der Waals surface area contributed by atoms with Crippen LogP contribution in [0.1, 0.15) is 64.9 Å². The largest absolute Gasteiger partial charge is 0.311 e. The van der Waals surface area contributed by atoms with Crippen LogP contribution >= 0.6 is 11.3 Å². The van der Waals surface area contributed by atoms with E-state index in [0.29, 0.717) is 12.1 Å². The maximum Gasteiger partial charge on any atom is 0.00819 e. The average molecular weight is 267 g/mol. The molecule has 0 aliphatic carbocycles. The predicted molar refractivity (Wildman–Crippen MR) is 83.5 cm³/mol. The van der Waals surface area contributed by atoms with E-state index in [1.54, 1.807) is 11.3 Å². The van der Waals surface area contributed by atoms with Crippen molar-refractivity contribution >= 4 is 11.3 Å². The third-order valence-corrected chi connectivity index (χ3v) is 4.16. The van der Waals surface area contributed by atoms with Gasteiger partial charge in [-0.15, -0.1) is 0 Å². The summed E-state index contributed by atoms with van der Waals surface area (Å²) in [5.74, 6) is 0. The monoisotopic (exact) mass is 267 g/mol. The highest BCUT2D eigenvalue weighted by molar-refractivity contribution is 7.07. The quantitative estimate of drug-likeness (QED) is 0.587. The lowest BCUT2D eigenvalue weighted by molar-refractivity contribution is 0.427. The lowest BCUT2D eigenvalue weighted by atomic mass is 10.1. The molecule has 104 valence electrons. The molecule has 1 aromatic rings. The Morgan fingerprint density at radius 3 is 2.56 bits per heavy atom. The Morgan fingerprint density at radius 2 is 1.89 bits per heavy atom. The van der Waals surface area contributed by atoms with Crippen molar-refractivity contribution in [3.05, 3.63) is 22.4 Å². The first-order chi connectivity index (χ1) is 8.72. The molecule has 1 rings (SSSR count). The Labute approximate surface area is 117 Å². The van der Waals surface area contributed by atoms with Crippen LogP contribution < -0.4 is 5.32 Å². The summed E-state index contributed by atoms with van der Waals surface area (Å²) in [5.41, 5.74) is 1.47. The van der Waals surface area contributed by atoms with Crippen LogP contribution in [0.3, 0.4) is 0 Å². The molecule has 2 heteroatoms. The SMILES string of the molecule is CCCCCCCC(C)NC(C)Cc1ccsc1. The van der Waals surface area contributed by atoms with Gasteiger partial charge in [-0.25, -0.2) is 0 Å². The average Bonchev–Trinajstić information content (AvgIpc) is 2.81. The topological polar surface area (TPSA) is 12.0 Å². The summed E-state index contributed by atoms with van der Waals surface area (Å²) in [6.45, 7) is 6.89. The summed E-state index contributed by atoms with van der Waals surface area (Å²) >= 11 is 1.79. The van der Waals surface area contributed by atoms with Gasteiger partial charge in [0.15, 0.2) is 0 Å². The third-order valence-electron chi connectivity index (χ3n) is 3.43. The minimum Gasteiger partial charge on any atom is -0.311 e. The van der Waals surface area contributed by atoms with Crippen LogP contribution in [-0.2, 0) is 6.42 Å². The van der Waals surface area contributed by atoms with Gasteiger partial charge in [0.05, 0.1) is 0 Å². The van der Waals surface area contributed by atoms with E-state index < -0.39 is 0 Å². The summed E-state index contributed by atoms with van der Waals surface area (Å²) in [6, 6.07) is 3.48. The van der Waals surface area contributed by atoms with Crippen molar-refractivity contribution in [2.24, 2.45) is 0 Å². The van der Waals surface area contributed by atoms with Crippen LogP contribution in [0.4, 0.5) is 0 Å². The molecule has 1 heterocycles. The molecule has 0 aliphatic rings. The summed E-state index contributed by atoms with van der Waals surface area (Å²) < 4.78 is 0. The van der Waals surface area contributed by atoms with Crippen LogP contribution in [0.25, 0.3) is 0 Å². The maximum atomic E-state index is 3.71. The number of unbranched alkanes of at least 4 members (excludes halogenated alkanes) is 4. The first-order valence-electron chi connectivity index (χ1n) is 7.49. The van der Waals surface area contributed by atoms with Gasteiger partial charge in [0.2, 0.25) is 0 Å². The molecule has 1 N–H and O–H groups in total. The number of nitrogens with one attached hydrogen (secondary N) is 1. The Balaban J connectivity index is 2.06. The van der Waals surface area contributed by atoms with Crippen molar-refractivity contribution in [1.82, 2.24) is 5.32 Å². The molecule has 2 unspecified atom stereocenters. The van der Waals surface area contributed by atoms with Crippen LogP contribution in [0.5, 0.6) is 0 Å². The van der Waals surface area contributed by atoms with Gasteiger partial charge in [-0.1, -0.05) is 39.0 Å². The highest BCUT2D eigenvalue weighted by Gasteiger charge is 2.08. The number of thiophene rings is 1. The zero-order valence-corrected chi connectivity index (χ0v) is 13.1. The molecule has 0 fully saturated rings. The molecule has 1 aromatic heterocycles. The van der Waals surface area contributed by atoms with E-state index in [0.717, 1.165) is 6.42 Å². The molecule has 18 heavy (non-hydrogen) atoms. The Kier molecular flexibility index (Phi) is 8.36. The molecule has 0 aromatic carbocycles. The van der Waals surface area contributed by atoms with Crippen molar-refractivity contribution in [2.45, 2.75) is 77.8 Å². The van der Waals surface area contributed by atoms with Crippen molar-refractivity contribution in [3.63, 3.8) is 0 Å². The fourth-order valence-corrected chi connectivity index (χ4v) is 3.13. The predicted octanol–water partition coefficient (Wildman–Crippen LogP) is 5.02. The fraction of sp³-hybridized carbons (Fsp3) is 0.750. The van der Waals surface area contributed by atoms with Gasteiger partial charge >= 0.3 is 0 Å².